The Morgan fingerprint density at radius 3 is 2.55 bits per heavy atom. The van der Waals surface area contributed by atoms with Crippen molar-refractivity contribution in [2.75, 3.05) is 0 Å². The minimum Gasteiger partial charge on any atom is -0.206 e. The molecule has 1 aromatic heterocycles. The largest absolute Gasteiger partial charge is 0.270 e. The van der Waals surface area contributed by atoms with E-state index < -0.39 is 9.05 Å². The van der Waals surface area contributed by atoms with Crippen LogP contribution in [0, 0.1) is 11.3 Å². The summed E-state index contributed by atoms with van der Waals surface area (Å²) in [4.78, 5) is 0. The molecule has 0 aromatic carbocycles. The lowest BCUT2D eigenvalue weighted by atomic mass is 10.4. The topological polar surface area (TPSA) is 57.9 Å². The van der Waals surface area contributed by atoms with Crippen LogP contribution in [0.1, 0.15) is 5.56 Å². The van der Waals surface area contributed by atoms with Crippen LogP contribution in [0.25, 0.3) is 0 Å². The van der Waals surface area contributed by atoms with Gasteiger partial charge in [0.15, 0.2) is 0 Å². The molecule has 0 saturated carbocycles. The van der Waals surface area contributed by atoms with Crippen molar-refractivity contribution in [1.82, 2.24) is 0 Å². The summed E-state index contributed by atoms with van der Waals surface area (Å²) in [6.45, 7) is 0. The zero-order valence-electron chi connectivity index (χ0n) is 5.11. The summed E-state index contributed by atoms with van der Waals surface area (Å²) in [5.74, 6) is 0. The van der Waals surface area contributed by atoms with Crippen molar-refractivity contribution in [3.8, 4) is 6.07 Å². The van der Waals surface area contributed by atoms with E-state index in [9.17, 15) is 8.42 Å². The average Bonchev–Trinajstić information content (AvgIpc) is 2.32. The van der Waals surface area contributed by atoms with Crippen molar-refractivity contribution in [3.05, 3.63) is 17.0 Å². The Hall–Kier alpha value is -0.570. The van der Waals surface area contributed by atoms with Gasteiger partial charge in [0.05, 0.1) is 5.56 Å². The van der Waals surface area contributed by atoms with E-state index in [1.165, 1.54) is 11.4 Å². The summed E-state index contributed by atoms with van der Waals surface area (Å²) < 4.78 is 21.3. The fourth-order valence-electron chi connectivity index (χ4n) is 0.503. The van der Waals surface area contributed by atoms with Gasteiger partial charge >= 0.3 is 0 Å². The van der Waals surface area contributed by atoms with Crippen molar-refractivity contribution >= 4 is 31.1 Å². The molecule has 0 saturated heterocycles. The third-order valence-corrected chi connectivity index (χ3v) is 3.99. The molecule has 1 rings (SSSR count). The molecule has 6 heteroatoms. The number of hydrogen-bond donors (Lipinski definition) is 0. The Morgan fingerprint density at radius 1 is 1.64 bits per heavy atom. The molecule has 0 fully saturated rings. The van der Waals surface area contributed by atoms with Gasteiger partial charge in [-0.1, -0.05) is 0 Å². The number of nitriles is 1. The van der Waals surface area contributed by atoms with E-state index in [0.717, 1.165) is 11.3 Å². The molecule has 0 amide bonds. The minimum absolute atomic E-state index is 0.00992. The Labute approximate surface area is 72.3 Å². The molecule has 1 aromatic rings. The van der Waals surface area contributed by atoms with Gasteiger partial charge < -0.3 is 0 Å². The molecule has 0 bridgehead atoms. The third kappa shape index (κ3) is 1.93. The highest BCUT2D eigenvalue weighted by Crippen LogP contribution is 2.22. The van der Waals surface area contributed by atoms with E-state index in [1.807, 2.05) is 0 Å². The van der Waals surface area contributed by atoms with Gasteiger partial charge in [0.25, 0.3) is 9.05 Å². The number of nitrogens with zero attached hydrogens (tertiary/aromatic N) is 1. The van der Waals surface area contributed by atoms with Gasteiger partial charge in [0.2, 0.25) is 0 Å². The maximum atomic E-state index is 10.6. The predicted octanol–water partition coefficient (Wildman–Crippen LogP) is 1.55. The van der Waals surface area contributed by atoms with Crippen molar-refractivity contribution < 1.29 is 8.42 Å². The summed E-state index contributed by atoms with van der Waals surface area (Å²) >= 11 is 0.939. The van der Waals surface area contributed by atoms with E-state index in [-0.39, 0.29) is 4.21 Å². The zero-order valence-corrected chi connectivity index (χ0v) is 7.50. The number of halogens is 1. The fraction of sp³-hybridized carbons (Fsp3) is 0. The van der Waals surface area contributed by atoms with E-state index in [1.54, 1.807) is 6.07 Å². The van der Waals surface area contributed by atoms with Crippen LogP contribution in [-0.2, 0) is 9.05 Å². The third-order valence-electron chi connectivity index (χ3n) is 0.945. The van der Waals surface area contributed by atoms with Crippen LogP contribution in [0.2, 0.25) is 0 Å². The Kier molecular flexibility index (Phi) is 2.18. The Bertz CT molecular complexity index is 400. The number of thiophene rings is 1. The molecule has 0 unspecified atom stereocenters. The van der Waals surface area contributed by atoms with Gasteiger partial charge in [0, 0.05) is 16.1 Å². The lowest BCUT2D eigenvalue weighted by molar-refractivity contribution is 0.611. The maximum absolute atomic E-state index is 10.6. The first-order valence-electron chi connectivity index (χ1n) is 2.47. The highest BCUT2D eigenvalue weighted by atomic mass is 35.7. The monoisotopic (exact) mass is 207 g/mol. The summed E-state index contributed by atoms with van der Waals surface area (Å²) in [6, 6.07) is 3.05. The van der Waals surface area contributed by atoms with Crippen LogP contribution < -0.4 is 0 Å². The number of hydrogen-bond acceptors (Lipinski definition) is 4. The second kappa shape index (κ2) is 2.81. The summed E-state index contributed by atoms with van der Waals surface area (Å²) in [6.07, 6.45) is 0. The van der Waals surface area contributed by atoms with E-state index >= 15 is 0 Å². The van der Waals surface area contributed by atoms with Crippen molar-refractivity contribution in [1.29, 1.82) is 5.26 Å². The molecule has 0 radical (unpaired) electrons. The first-order valence-corrected chi connectivity index (χ1v) is 5.66. The maximum Gasteiger partial charge on any atom is 0.270 e. The number of rotatable bonds is 1. The molecule has 0 N–H and O–H groups in total. The average molecular weight is 208 g/mol. The van der Waals surface area contributed by atoms with Gasteiger partial charge in [-0.05, 0) is 6.07 Å². The van der Waals surface area contributed by atoms with Crippen molar-refractivity contribution in [2.45, 2.75) is 4.21 Å². The van der Waals surface area contributed by atoms with E-state index in [4.69, 9.17) is 15.9 Å². The van der Waals surface area contributed by atoms with Crippen LogP contribution in [0.5, 0.6) is 0 Å². The molecular weight excluding hydrogens is 206 g/mol. The Morgan fingerprint density at radius 2 is 2.27 bits per heavy atom. The van der Waals surface area contributed by atoms with Crippen LogP contribution in [0.15, 0.2) is 15.7 Å². The van der Waals surface area contributed by atoms with Crippen LogP contribution in [0.4, 0.5) is 0 Å². The van der Waals surface area contributed by atoms with Crippen molar-refractivity contribution in [2.24, 2.45) is 0 Å². The van der Waals surface area contributed by atoms with Gasteiger partial charge in [0.1, 0.15) is 10.3 Å². The molecule has 11 heavy (non-hydrogen) atoms. The van der Waals surface area contributed by atoms with Crippen LogP contribution in [-0.4, -0.2) is 8.42 Å². The molecule has 58 valence electrons. The first-order chi connectivity index (χ1) is 5.04. The van der Waals surface area contributed by atoms with Gasteiger partial charge in [-0.2, -0.15) is 5.26 Å². The molecule has 3 nitrogen and oxygen atoms in total. The quantitative estimate of drug-likeness (QED) is 0.657. The van der Waals surface area contributed by atoms with Crippen LogP contribution in [0.3, 0.4) is 0 Å². The highest BCUT2D eigenvalue weighted by Gasteiger charge is 2.12. The fourth-order valence-corrected chi connectivity index (χ4v) is 2.39. The minimum atomic E-state index is -3.65. The molecular formula is C5H2ClNO2S2. The normalized spacial score (nSPS) is 10.9. The summed E-state index contributed by atoms with van der Waals surface area (Å²) in [5, 5.41) is 9.78. The van der Waals surface area contributed by atoms with Gasteiger partial charge in [-0.25, -0.2) is 8.42 Å². The summed E-state index contributed by atoms with van der Waals surface area (Å²) in [7, 11) is 1.35. The second-order valence-electron chi connectivity index (χ2n) is 1.70. The van der Waals surface area contributed by atoms with Gasteiger partial charge in [-0.3, -0.25) is 0 Å². The van der Waals surface area contributed by atoms with Gasteiger partial charge in [-0.15, -0.1) is 11.3 Å². The van der Waals surface area contributed by atoms with E-state index in [2.05, 4.69) is 0 Å². The zero-order chi connectivity index (χ0) is 8.48. The lowest BCUT2D eigenvalue weighted by Gasteiger charge is -1.83. The molecule has 0 spiro atoms. The SMILES string of the molecule is N#Cc1csc(S(=O)(=O)Cl)c1. The van der Waals surface area contributed by atoms with Crippen LogP contribution >= 0.6 is 22.0 Å². The molecule has 1 heterocycles. The molecule has 0 atom stereocenters. The Balaban J connectivity index is 3.22. The highest BCUT2D eigenvalue weighted by molar-refractivity contribution is 8.15. The van der Waals surface area contributed by atoms with E-state index in [0.29, 0.717) is 5.56 Å². The molecule has 0 aliphatic carbocycles. The molecule has 0 aliphatic rings. The first kappa shape index (κ1) is 8.53. The lowest BCUT2D eigenvalue weighted by Crippen LogP contribution is -1.83. The standard InChI is InChI=1S/C5H2ClNO2S2/c6-11(8,9)5-1-4(2-7)3-10-5/h1,3H. The smallest absolute Gasteiger partial charge is 0.206 e. The second-order valence-corrected chi connectivity index (χ2v) is 5.41. The predicted molar refractivity (Wildman–Crippen MR) is 42.1 cm³/mol. The molecule has 0 aliphatic heterocycles. The van der Waals surface area contributed by atoms with Crippen molar-refractivity contribution in [3.63, 3.8) is 0 Å². The summed E-state index contributed by atoms with van der Waals surface area (Å²) in [5.41, 5.74) is 0.314.